The lowest BCUT2D eigenvalue weighted by Gasteiger charge is -2.21. The number of aliphatic hydroxyl groups excluding tert-OH is 2. The Kier molecular flexibility index (Phi) is 6.20. The molecule has 0 spiro atoms. The first-order valence-electron chi connectivity index (χ1n) is 7.29. The van der Waals surface area contributed by atoms with Crippen molar-refractivity contribution in [3.05, 3.63) is 29.3 Å². The Bertz CT molecular complexity index is 511. The Morgan fingerprint density at radius 3 is 2.55 bits per heavy atom. The molecule has 0 fully saturated rings. The number of aliphatic hydroxyl groups is 2. The van der Waals surface area contributed by atoms with Crippen molar-refractivity contribution in [1.29, 1.82) is 0 Å². The van der Waals surface area contributed by atoms with Gasteiger partial charge in [0.15, 0.2) is 0 Å². The van der Waals surface area contributed by atoms with Crippen molar-refractivity contribution in [2.24, 2.45) is 0 Å². The molecule has 0 saturated heterocycles. The number of amides is 1. The predicted molar refractivity (Wildman–Crippen MR) is 85.4 cm³/mol. The largest absolute Gasteiger partial charge is 0.444 e. The fourth-order valence-corrected chi connectivity index (χ4v) is 1.90. The van der Waals surface area contributed by atoms with Gasteiger partial charge in [-0.25, -0.2) is 4.79 Å². The van der Waals surface area contributed by atoms with E-state index in [0.717, 1.165) is 5.56 Å². The molecule has 0 heterocycles. The quantitative estimate of drug-likeness (QED) is 0.622. The molecule has 0 aliphatic carbocycles. The van der Waals surface area contributed by atoms with Crippen LogP contribution in [0.3, 0.4) is 0 Å². The van der Waals surface area contributed by atoms with E-state index < -0.39 is 23.9 Å². The highest BCUT2D eigenvalue weighted by Gasteiger charge is 2.20. The van der Waals surface area contributed by atoms with Gasteiger partial charge in [0, 0.05) is 12.2 Å². The topological polar surface area (TPSA) is 105 Å². The van der Waals surface area contributed by atoms with E-state index in [9.17, 15) is 15.0 Å². The van der Waals surface area contributed by atoms with E-state index >= 15 is 0 Å². The first-order chi connectivity index (χ1) is 10.1. The summed E-state index contributed by atoms with van der Waals surface area (Å²) in [5.41, 5.74) is 7.23. The average Bonchev–Trinajstić information content (AvgIpc) is 2.38. The van der Waals surface area contributed by atoms with Crippen LogP contribution in [0.4, 0.5) is 10.5 Å². The maximum atomic E-state index is 11.5. The van der Waals surface area contributed by atoms with Crippen molar-refractivity contribution in [3.63, 3.8) is 0 Å². The van der Waals surface area contributed by atoms with Gasteiger partial charge in [-0.3, -0.25) is 0 Å². The summed E-state index contributed by atoms with van der Waals surface area (Å²) in [5, 5.41) is 22.7. The summed E-state index contributed by atoms with van der Waals surface area (Å²) in [6.45, 7) is 7.36. The highest BCUT2D eigenvalue weighted by Crippen LogP contribution is 2.22. The van der Waals surface area contributed by atoms with Gasteiger partial charge in [0.1, 0.15) is 11.7 Å². The van der Waals surface area contributed by atoms with Crippen LogP contribution in [-0.2, 0) is 4.74 Å². The second-order valence-corrected chi connectivity index (χ2v) is 6.35. The van der Waals surface area contributed by atoms with Gasteiger partial charge in [0.2, 0.25) is 0 Å². The molecule has 22 heavy (non-hydrogen) atoms. The number of nitrogens with two attached hydrogens (primary N) is 1. The van der Waals surface area contributed by atoms with E-state index in [4.69, 9.17) is 10.5 Å². The molecule has 6 heteroatoms. The predicted octanol–water partition coefficient (Wildman–Crippen LogP) is 1.89. The molecule has 0 saturated carbocycles. The monoisotopic (exact) mass is 310 g/mol. The SMILES string of the molecule is Cc1cc(C(O)C(O)CCNC(=O)OC(C)(C)C)ccc1N. The Morgan fingerprint density at radius 1 is 1.36 bits per heavy atom. The van der Waals surface area contributed by atoms with E-state index in [1.54, 1.807) is 39.0 Å². The van der Waals surface area contributed by atoms with Crippen LogP contribution < -0.4 is 11.1 Å². The molecule has 5 N–H and O–H groups in total. The fourth-order valence-electron chi connectivity index (χ4n) is 1.90. The lowest BCUT2D eigenvalue weighted by molar-refractivity contribution is 0.0123. The second kappa shape index (κ2) is 7.47. The van der Waals surface area contributed by atoms with Crippen LogP contribution in [0.2, 0.25) is 0 Å². The first-order valence-corrected chi connectivity index (χ1v) is 7.29. The number of nitrogen functional groups attached to an aromatic ring is 1. The third-order valence-corrected chi connectivity index (χ3v) is 3.11. The molecule has 2 unspecified atom stereocenters. The van der Waals surface area contributed by atoms with Crippen molar-refractivity contribution in [2.75, 3.05) is 12.3 Å². The normalized spacial score (nSPS) is 14.3. The van der Waals surface area contributed by atoms with Crippen LogP contribution in [0.15, 0.2) is 18.2 Å². The molecule has 0 bridgehead atoms. The second-order valence-electron chi connectivity index (χ2n) is 6.35. The number of benzene rings is 1. The van der Waals surface area contributed by atoms with Gasteiger partial charge in [0.25, 0.3) is 0 Å². The summed E-state index contributed by atoms with van der Waals surface area (Å²) >= 11 is 0. The standard InChI is InChI=1S/C16H26N2O4/c1-10-9-11(5-6-12(10)17)14(20)13(19)7-8-18-15(21)22-16(2,3)4/h5-6,9,13-14,19-20H,7-8,17H2,1-4H3,(H,18,21). The van der Waals surface area contributed by atoms with Crippen LogP contribution >= 0.6 is 0 Å². The van der Waals surface area contributed by atoms with Gasteiger partial charge in [-0.05, 0) is 51.3 Å². The van der Waals surface area contributed by atoms with E-state index in [0.29, 0.717) is 11.3 Å². The van der Waals surface area contributed by atoms with Gasteiger partial charge in [0.05, 0.1) is 6.10 Å². The highest BCUT2D eigenvalue weighted by molar-refractivity contribution is 5.67. The number of carbonyl (C=O) groups excluding carboxylic acids is 1. The van der Waals surface area contributed by atoms with Crippen LogP contribution in [0.25, 0.3) is 0 Å². The number of ether oxygens (including phenoxy) is 1. The third kappa shape index (κ3) is 5.91. The summed E-state index contributed by atoms with van der Waals surface area (Å²) in [5.74, 6) is 0. The lowest BCUT2D eigenvalue weighted by atomic mass is 10.00. The Balaban J connectivity index is 2.46. The van der Waals surface area contributed by atoms with Crippen molar-refractivity contribution in [3.8, 4) is 0 Å². The van der Waals surface area contributed by atoms with Gasteiger partial charge in [-0.15, -0.1) is 0 Å². The molecule has 0 radical (unpaired) electrons. The number of carbonyl (C=O) groups is 1. The Hall–Kier alpha value is -1.79. The molecular weight excluding hydrogens is 284 g/mol. The first kappa shape index (κ1) is 18.3. The van der Waals surface area contributed by atoms with Crippen LogP contribution in [0, 0.1) is 6.92 Å². The van der Waals surface area contributed by atoms with Gasteiger partial charge < -0.3 is 26.0 Å². The van der Waals surface area contributed by atoms with E-state index in [2.05, 4.69) is 5.32 Å². The molecule has 0 aliphatic heterocycles. The van der Waals surface area contributed by atoms with Crippen molar-refractivity contribution >= 4 is 11.8 Å². The third-order valence-electron chi connectivity index (χ3n) is 3.11. The molecule has 0 aromatic heterocycles. The molecule has 1 amide bonds. The van der Waals surface area contributed by atoms with Crippen molar-refractivity contribution < 1.29 is 19.7 Å². The zero-order valence-corrected chi connectivity index (χ0v) is 13.6. The summed E-state index contributed by atoms with van der Waals surface area (Å²) < 4.78 is 5.09. The number of rotatable bonds is 5. The van der Waals surface area contributed by atoms with Gasteiger partial charge in [-0.2, -0.15) is 0 Å². The average molecular weight is 310 g/mol. The van der Waals surface area contributed by atoms with Gasteiger partial charge in [-0.1, -0.05) is 12.1 Å². The summed E-state index contributed by atoms with van der Waals surface area (Å²) in [6, 6.07) is 5.11. The van der Waals surface area contributed by atoms with E-state index in [-0.39, 0.29) is 13.0 Å². The number of hydrogen-bond acceptors (Lipinski definition) is 5. The summed E-state index contributed by atoms with van der Waals surface area (Å²) in [6.07, 6.45) is -2.35. The minimum Gasteiger partial charge on any atom is -0.444 e. The molecule has 0 aliphatic rings. The van der Waals surface area contributed by atoms with E-state index in [1.807, 2.05) is 6.92 Å². The molecule has 1 aromatic carbocycles. The zero-order valence-electron chi connectivity index (χ0n) is 13.6. The van der Waals surface area contributed by atoms with E-state index in [1.165, 1.54) is 0 Å². The van der Waals surface area contributed by atoms with Crippen molar-refractivity contribution in [2.45, 2.75) is 51.9 Å². The molecule has 2 atom stereocenters. The number of hydrogen-bond donors (Lipinski definition) is 4. The number of anilines is 1. The molecule has 6 nitrogen and oxygen atoms in total. The Labute approximate surface area is 131 Å². The Morgan fingerprint density at radius 2 is 2.00 bits per heavy atom. The minimum atomic E-state index is -1.03. The van der Waals surface area contributed by atoms with Crippen LogP contribution in [-0.4, -0.2) is 34.6 Å². The number of nitrogens with one attached hydrogen (secondary N) is 1. The molecule has 124 valence electrons. The minimum absolute atomic E-state index is 0.209. The fraction of sp³-hybridized carbons (Fsp3) is 0.562. The lowest BCUT2D eigenvalue weighted by Crippen LogP contribution is -2.34. The maximum Gasteiger partial charge on any atom is 0.407 e. The number of alkyl carbamates (subject to hydrolysis) is 1. The van der Waals surface area contributed by atoms with Crippen molar-refractivity contribution in [1.82, 2.24) is 5.32 Å². The number of aryl methyl sites for hydroxylation is 1. The zero-order chi connectivity index (χ0) is 16.9. The molecular formula is C16H26N2O4. The molecule has 1 aromatic rings. The van der Waals surface area contributed by atoms with Crippen LogP contribution in [0.5, 0.6) is 0 Å². The summed E-state index contributed by atoms with van der Waals surface area (Å²) in [4.78, 5) is 11.5. The smallest absolute Gasteiger partial charge is 0.407 e. The van der Waals surface area contributed by atoms with Gasteiger partial charge >= 0.3 is 6.09 Å². The summed E-state index contributed by atoms with van der Waals surface area (Å²) in [7, 11) is 0. The molecule has 1 rings (SSSR count). The highest BCUT2D eigenvalue weighted by atomic mass is 16.6. The maximum absolute atomic E-state index is 11.5. The van der Waals surface area contributed by atoms with Crippen LogP contribution in [0.1, 0.15) is 44.4 Å².